The van der Waals surface area contributed by atoms with E-state index in [2.05, 4.69) is 20.3 Å². The van der Waals surface area contributed by atoms with Gasteiger partial charge < -0.3 is 45.4 Å². The number of esters is 1. The lowest BCUT2D eigenvalue weighted by Crippen LogP contribution is -2.32. The lowest BCUT2D eigenvalue weighted by molar-refractivity contribution is -0.144. The van der Waals surface area contributed by atoms with Crippen LogP contribution < -0.4 is 5.32 Å². The number of methoxy groups -OCH3 is 1. The number of hydrogen-bond acceptors (Lipinski definition) is 9. The molecule has 2 unspecified atom stereocenters. The Labute approximate surface area is 282 Å². The molecule has 8 N–H and O–H groups in total. The van der Waals surface area contributed by atoms with Gasteiger partial charge in [0, 0.05) is 65.5 Å². The van der Waals surface area contributed by atoms with Gasteiger partial charge in [0.05, 0.1) is 31.4 Å². The molecule has 4 heterocycles. The molecule has 3 aromatic rings. The van der Waals surface area contributed by atoms with Crippen molar-refractivity contribution in [2.45, 2.75) is 77.9 Å². The van der Waals surface area contributed by atoms with Gasteiger partial charge in [0.2, 0.25) is 5.91 Å². The molecule has 14 nitrogen and oxygen atoms in total. The first-order chi connectivity index (χ1) is 23.3. The smallest absolute Gasteiger partial charge is 0.317 e. The summed E-state index contributed by atoms with van der Waals surface area (Å²) in [7, 11) is 1.20. The second kappa shape index (κ2) is 14.0. The number of nitrogens with one attached hydrogen (secondary N) is 4. The molecule has 1 aliphatic heterocycles. The lowest BCUT2D eigenvalue weighted by Gasteiger charge is -2.19. The van der Waals surface area contributed by atoms with Crippen LogP contribution in [0.2, 0.25) is 0 Å². The lowest BCUT2D eigenvalue weighted by atomic mass is 9.87. The summed E-state index contributed by atoms with van der Waals surface area (Å²) in [5.74, 6) is -4.85. The van der Waals surface area contributed by atoms with Crippen molar-refractivity contribution in [3.05, 3.63) is 78.7 Å². The standard InChI is InChI=1S/C35H42N4O10/c1-14-18(8-9-40)23(36-24(14)12-41)11-21-17(4)28-32(38-21)29(30(33(28)46)35(48)49-5)31-19(6-7-26(44)45)15(2)20(37-31)10-22-16(3)27(25(43)13-42)34(47)39-22/h12,22,25,29-30,36-38,40,42-43H,6-11,13H2,1-5H3,(H,39,47)(H,44,45)/t22?,25?,29-,30+/m1/s1. The number of carbonyl (C=O) groups is 5. The number of carboxylic acid groups (broad SMARTS) is 1. The van der Waals surface area contributed by atoms with Crippen LogP contribution >= 0.6 is 0 Å². The maximum atomic E-state index is 14.1. The van der Waals surface area contributed by atoms with Gasteiger partial charge in [-0.05, 0) is 73.9 Å². The van der Waals surface area contributed by atoms with Gasteiger partial charge in [0.25, 0.3) is 0 Å². The zero-order valence-corrected chi connectivity index (χ0v) is 28.1. The van der Waals surface area contributed by atoms with E-state index in [-0.39, 0.29) is 37.9 Å². The number of aromatic amines is 3. The van der Waals surface area contributed by atoms with Crippen LogP contribution in [-0.2, 0) is 44.8 Å². The number of hydrogen-bond donors (Lipinski definition) is 8. The molecule has 0 spiro atoms. The molecule has 0 aromatic carbocycles. The van der Waals surface area contributed by atoms with E-state index in [1.807, 2.05) is 6.92 Å². The van der Waals surface area contributed by atoms with E-state index < -0.39 is 54.2 Å². The van der Waals surface area contributed by atoms with E-state index in [4.69, 9.17) is 4.74 Å². The van der Waals surface area contributed by atoms with Gasteiger partial charge in [-0.25, -0.2) is 0 Å². The summed E-state index contributed by atoms with van der Waals surface area (Å²) in [6.07, 6.45) is 0.0815. The minimum Gasteiger partial charge on any atom is -0.481 e. The van der Waals surface area contributed by atoms with E-state index in [0.29, 0.717) is 68.4 Å². The third-order valence-corrected chi connectivity index (χ3v) is 10.2. The Morgan fingerprint density at radius 2 is 1.61 bits per heavy atom. The molecule has 0 saturated heterocycles. The molecular weight excluding hydrogens is 636 g/mol. The number of aliphatic carboxylic acids is 1. The fourth-order valence-corrected chi connectivity index (χ4v) is 7.53. The van der Waals surface area contributed by atoms with Gasteiger partial charge in [-0.15, -0.1) is 0 Å². The van der Waals surface area contributed by atoms with Gasteiger partial charge in [0.15, 0.2) is 12.1 Å². The van der Waals surface area contributed by atoms with Crippen molar-refractivity contribution >= 4 is 29.9 Å². The Morgan fingerprint density at radius 1 is 0.918 bits per heavy atom. The number of amides is 1. The van der Waals surface area contributed by atoms with E-state index in [9.17, 15) is 44.4 Å². The number of aliphatic hydroxyl groups is 3. The number of aromatic nitrogens is 3. The van der Waals surface area contributed by atoms with Crippen molar-refractivity contribution in [3.63, 3.8) is 0 Å². The number of carbonyl (C=O) groups excluding carboxylic acids is 4. The number of ketones is 1. The predicted octanol–water partition coefficient (Wildman–Crippen LogP) is 1.38. The molecule has 0 bridgehead atoms. The molecule has 5 rings (SSSR count). The maximum Gasteiger partial charge on any atom is 0.317 e. The molecule has 1 aliphatic carbocycles. The summed E-state index contributed by atoms with van der Waals surface area (Å²) in [5, 5.41) is 41.8. The number of aldehydes is 1. The Bertz CT molecular complexity index is 1880. The van der Waals surface area contributed by atoms with E-state index >= 15 is 0 Å². The molecule has 0 radical (unpaired) electrons. The molecule has 4 atom stereocenters. The van der Waals surface area contributed by atoms with Crippen LogP contribution in [0, 0.1) is 26.7 Å². The van der Waals surface area contributed by atoms with Crippen LogP contribution in [0.1, 0.15) is 96.4 Å². The molecule has 2 aliphatic rings. The Balaban J connectivity index is 1.63. The van der Waals surface area contributed by atoms with Crippen molar-refractivity contribution < 1.29 is 49.1 Å². The number of H-pyrrole nitrogens is 3. The van der Waals surface area contributed by atoms with Gasteiger partial charge in [-0.2, -0.15) is 0 Å². The number of Topliss-reactive ketones (excluding diaryl/α,β-unsaturated/α-hetero) is 1. The van der Waals surface area contributed by atoms with Crippen LogP contribution in [0.5, 0.6) is 0 Å². The zero-order chi connectivity index (χ0) is 35.9. The molecule has 49 heavy (non-hydrogen) atoms. The van der Waals surface area contributed by atoms with Crippen molar-refractivity contribution in [3.8, 4) is 0 Å². The largest absolute Gasteiger partial charge is 0.481 e. The molecule has 262 valence electrons. The molecule has 1 amide bonds. The monoisotopic (exact) mass is 678 g/mol. The van der Waals surface area contributed by atoms with Gasteiger partial charge in [-0.3, -0.25) is 24.0 Å². The van der Waals surface area contributed by atoms with E-state index in [1.165, 1.54) is 7.11 Å². The first-order valence-corrected chi connectivity index (χ1v) is 16.1. The molecule has 0 saturated carbocycles. The highest BCUT2D eigenvalue weighted by molar-refractivity contribution is 6.14. The minimum absolute atomic E-state index is 0.0916. The molecular formula is C35H42N4O10. The highest BCUT2D eigenvalue weighted by Gasteiger charge is 2.50. The second-order valence-electron chi connectivity index (χ2n) is 12.8. The molecule has 0 fully saturated rings. The number of fused-ring (bicyclic) bond motifs is 1. The first-order valence-electron chi connectivity index (χ1n) is 16.1. The Morgan fingerprint density at radius 3 is 2.22 bits per heavy atom. The summed E-state index contributed by atoms with van der Waals surface area (Å²) >= 11 is 0. The number of carboxylic acids is 1. The SMILES string of the molecule is COC(=O)[C@@H]1C(=O)c2c([nH]c(Cc3[nH]c(C=O)c(C)c3CCO)c2C)[C@H]1c1[nH]c(CC2NC(=O)C(C(O)CO)=C2C)c(C)c1CCC(=O)O. The number of ether oxygens (including phenoxy) is 1. The average Bonchev–Trinajstić information content (AvgIpc) is 3.81. The highest BCUT2D eigenvalue weighted by Crippen LogP contribution is 2.47. The molecule has 14 heteroatoms. The topological polar surface area (TPSA) is 235 Å². The minimum atomic E-state index is -1.34. The number of aliphatic hydroxyl groups excluding tert-OH is 3. The van der Waals surface area contributed by atoms with Crippen LogP contribution in [0.4, 0.5) is 0 Å². The average molecular weight is 679 g/mol. The summed E-state index contributed by atoms with van der Waals surface area (Å²) in [5.41, 5.74) is 7.82. The van der Waals surface area contributed by atoms with Crippen LogP contribution in [0.3, 0.4) is 0 Å². The van der Waals surface area contributed by atoms with Crippen molar-refractivity contribution in [2.75, 3.05) is 20.3 Å². The third kappa shape index (κ3) is 6.15. The second-order valence-corrected chi connectivity index (χ2v) is 12.8. The van der Waals surface area contributed by atoms with Gasteiger partial charge in [0.1, 0.15) is 12.0 Å². The van der Waals surface area contributed by atoms with E-state index in [0.717, 1.165) is 17.4 Å². The fraction of sp³-hybridized carbons (Fsp3) is 0.457. The van der Waals surface area contributed by atoms with Gasteiger partial charge in [-0.1, -0.05) is 0 Å². The van der Waals surface area contributed by atoms with Crippen molar-refractivity contribution in [1.82, 2.24) is 20.3 Å². The predicted molar refractivity (Wildman–Crippen MR) is 175 cm³/mol. The third-order valence-electron chi connectivity index (χ3n) is 10.2. The first kappa shape index (κ1) is 35.5. The highest BCUT2D eigenvalue weighted by atomic mass is 16.5. The Hall–Kier alpha value is -4.79. The summed E-state index contributed by atoms with van der Waals surface area (Å²) in [6.45, 7) is 6.33. The number of rotatable bonds is 14. The summed E-state index contributed by atoms with van der Waals surface area (Å²) in [6, 6.07) is -0.536. The fourth-order valence-electron chi connectivity index (χ4n) is 7.53. The van der Waals surface area contributed by atoms with Crippen molar-refractivity contribution in [1.29, 1.82) is 0 Å². The van der Waals surface area contributed by atoms with Crippen LogP contribution in [-0.4, -0.2) is 97.8 Å². The van der Waals surface area contributed by atoms with Crippen LogP contribution in [0.15, 0.2) is 11.1 Å². The summed E-state index contributed by atoms with van der Waals surface area (Å²) in [4.78, 5) is 73.4. The summed E-state index contributed by atoms with van der Waals surface area (Å²) < 4.78 is 5.11. The quantitative estimate of drug-likeness (QED) is 0.0693. The van der Waals surface area contributed by atoms with Crippen LogP contribution in [0.25, 0.3) is 0 Å². The van der Waals surface area contributed by atoms with E-state index in [1.54, 1.807) is 20.8 Å². The van der Waals surface area contributed by atoms with Gasteiger partial charge >= 0.3 is 11.9 Å². The molecule has 3 aromatic heterocycles. The zero-order valence-electron chi connectivity index (χ0n) is 28.1. The normalized spacial score (nSPS) is 19.4. The van der Waals surface area contributed by atoms with Crippen molar-refractivity contribution in [2.24, 2.45) is 5.92 Å². The Kier molecular flexibility index (Phi) is 10.1. The maximum absolute atomic E-state index is 14.1.